The quantitative estimate of drug-likeness (QED) is 0.194. The molecule has 2 atom stereocenters. The molecule has 0 aromatic heterocycles. The molecule has 4 aromatic rings. The van der Waals surface area contributed by atoms with Crippen molar-refractivity contribution < 1.29 is 29.4 Å². The molecule has 4 aliphatic heterocycles. The van der Waals surface area contributed by atoms with E-state index >= 15 is 0 Å². The highest BCUT2D eigenvalue weighted by Crippen LogP contribution is 2.52. The van der Waals surface area contributed by atoms with Crippen molar-refractivity contribution >= 4 is 79.9 Å². The van der Waals surface area contributed by atoms with Crippen LogP contribution in [0.3, 0.4) is 0 Å². The van der Waals surface area contributed by atoms with Gasteiger partial charge in [-0.05, 0) is 81.6 Å². The van der Waals surface area contributed by atoms with Gasteiger partial charge in [-0.1, -0.05) is 48.5 Å². The second-order valence-electron chi connectivity index (χ2n) is 14.0. The van der Waals surface area contributed by atoms with Crippen LogP contribution in [-0.4, -0.2) is 69.9 Å². The molecule has 0 radical (unpaired) electrons. The van der Waals surface area contributed by atoms with E-state index in [1.807, 2.05) is 60.7 Å². The molecular formula is C38H35Cl2N3O6. The van der Waals surface area contributed by atoms with Crippen molar-refractivity contribution in [3.05, 3.63) is 82.9 Å². The summed E-state index contributed by atoms with van der Waals surface area (Å²) in [6.45, 7) is 0.748. The molecule has 2 bridgehead atoms. The first-order valence-electron chi connectivity index (χ1n) is 16.7. The highest BCUT2D eigenvalue weighted by molar-refractivity contribution is 6.20. The number of carbonyl (C=O) groups excluding carboxylic acids is 2. The van der Waals surface area contributed by atoms with E-state index in [4.69, 9.17) is 23.2 Å². The Hall–Kier alpha value is -4.18. The number of hydrogen-bond donors (Lipinski definition) is 3. The number of nitrogens with zero attached hydrogens (tertiary/aromatic N) is 2. The van der Waals surface area contributed by atoms with Crippen LogP contribution in [0.25, 0.3) is 21.5 Å². The minimum absolute atomic E-state index is 0.125. The number of nitrogens with one attached hydrogen (secondary N) is 1. The van der Waals surface area contributed by atoms with Gasteiger partial charge >= 0.3 is 11.9 Å². The number of aliphatic carboxylic acids is 2. The van der Waals surface area contributed by atoms with Gasteiger partial charge in [-0.2, -0.15) is 0 Å². The van der Waals surface area contributed by atoms with Crippen LogP contribution in [0.2, 0.25) is 0 Å². The number of carboxylic acids is 2. The molecule has 0 unspecified atom stereocenters. The molecule has 2 saturated heterocycles. The molecule has 3 N–H and O–H groups in total. The number of anilines is 2. The summed E-state index contributed by atoms with van der Waals surface area (Å²) in [5.74, 6) is -1.80. The van der Waals surface area contributed by atoms with Gasteiger partial charge in [0.25, 0.3) is 0 Å². The Bertz CT molecular complexity index is 1940. The number of alkyl halides is 2. The van der Waals surface area contributed by atoms with Gasteiger partial charge < -0.3 is 20.0 Å². The largest absolute Gasteiger partial charge is 0.481 e. The van der Waals surface area contributed by atoms with Crippen LogP contribution in [0.4, 0.5) is 11.4 Å². The number of halogens is 2. The minimum atomic E-state index is -0.959. The molecule has 9 nitrogen and oxygen atoms in total. The van der Waals surface area contributed by atoms with Gasteiger partial charge in [-0.15, -0.1) is 23.2 Å². The zero-order valence-corrected chi connectivity index (χ0v) is 28.2. The van der Waals surface area contributed by atoms with Crippen LogP contribution in [-0.2, 0) is 32.0 Å². The third-order valence-corrected chi connectivity index (χ3v) is 12.0. The van der Waals surface area contributed by atoms with Gasteiger partial charge in [0, 0.05) is 48.1 Å². The van der Waals surface area contributed by atoms with E-state index < -0.39 is 23.0 Å². The fourth-order valence-corrected chi connectivity index (χ4v) is 9.66. The molecule has 11 heteroatoms. The molecule has 0 aliphatic carbocycles. The van der Waals surface area contributed by atoms with Crippen molar-refractivity contribution in [3.8, 4) is 0 Å². The van der Waals surface area contributed by atoms with E-state index in [1.54, 1.807) is 9.80 Å². The van der Waals surface area contributed by atoms with Gasteiger partial charge in [-0.25, -0.2) is 0 Å². The van der Waals surface area contributed by atoms with Gasteiger partial charge in [0.15, 0.2) is 0 Å². The number of fused-ring (bicyclic) bond motifs is 8. The zero-order valence-electron chi connectivity index (χ0n) is 26.7. The topological polar surface area (TPSA) is 127 Å². The molecular weight excluding hydrogens is 665 g/mol. The Morgan fingerprint density at radius 1 is 0.653 bits per heavy atom. The van der Waals surface area contributed by atoms with Gasteiger partial charge in [-0.3, -0.25) is 24.5 Å². The SMILES string of the molecule is O=C(O)Cc1cc2c(c3ccccc13)[C@H](CCl)CN2C(=O)C12CCC(C(=O)N3C[C@@H](CCl)c4c3cc(CC(=O)O)c3ccccc43)(CC1)N2. The summed E-state index contributed by atoms with van der Waals surface area (Å²) in [5.41, 5.74) is 2.64. The number of rotatable bonds is 8. The van der Waals surface area contributed by atoms with Gasteiger partial charge in [0.05, 0.1) is 23.9 Å². The van der Waals surface area contributed by atoms with Crippen LogP contribution in [0, 0.1) is 0 Å². The lowest BCUT2D eigenvalue weighted by atomic mass is 9.80. The fourth-order valence-electron chi connectivity index (χ4n) is 9.16. The summed E-state index contributed by atoms with van der Waals surface area (Å²) in [4.78, 5) is 56.6. The van der Waals surface area contributed by atoms with E-state index in [9.17, 15) is 29.4 Å². The summed E-state index contributed by atoms with van der Waals surface area (Å²) in [6.07, 6.45) is 1.56. The summed E-state index contributed by atoms with van der Waals surface area (Å²) in [5, 5.41) is 26.4. The third kappa shape index (κ3) is 4.84. The molecule has 0 spiro atoms. The average Bonchev–Trinajstić information content (AvgIpc) is 3.87. The lowest BCUT2D eigenvalue weighted by molar-refractivity contribution is -0.137. The van der Waals surface area contributed by atoms with Crippen molar-refractivity contribution in [3.63, 3.8) is 0 Å². The molecule has 252 valence electrons. The third-order valence-electron chi connectivity index (χ3n) is 11.3. The van der Waals surface area contributed by atoms with E-state index in [-0.39, 0.29) is 36.5 Å². The number of amides is 2. The Labute approximate surface area is 292 Å². The first-order chi connectivity index (χ1) is 23.6. The second kappa shape index (κ2) is 11.7. The maximum atomic E-state index is 14.7. The monoisotopic (exact) mass is 699 g/mol. The van der Waals surface area contributed by atoms with E-state index in [0.717, 1.165) is 32.7 Å². The normalized spacial score (nSPS) is 25.3. The maximum absolute atomic E-state index is 14.7. The number of carbonyl (C=O) groups is 4. The van der Waals surface area contributed by atoms with Crippen LogP contribution >= 0.6 is 23.2 Å². The van der Waals surface area contributed by atoms with Crippen molar-refractivity contribution in [2.24, 2.45) is 0 Å². The maximum Gasteiger partial charge on any atom is 0.307 e. The Balaban J connectivity index is 1.14. The smallest absolute Gasteiger partial charge is 0.307 e. The van der Waals surface area contributed by atoms with E-state index in [2.05, 4.69) is 5.32 Å². The highest BCUT2D eigenvalue weighted by Gasteiger charge is 2.63. The lowest BCUT2D eigenvalue weighted by Gasteiger charge is -2.31. The van der Waals surface area contributed by atoms with Crippen molar-refractivity contribution in [2.45, 2.75) is 61.4 Å². The molecule has 2 amide bonds. The number of hydrogen-bond acceptors (Lipinski definition) is 5. The molecule has 0 saturated carbocycles. The van der Waals surface area contributed by atoms with Crippen LogP contribution in [0.1, 0.15) is 59.8 Å². The predicted molar refractivity (Wildman–Crippen MR) is 189 cm³/mol. The highest BCUT2D eigenvalue weighted by atomic mass is 35.5. The summed E-state index contributed by atoms with van der Waals surface area (Å²) in [7, 11) is 0. The first-order valence-corrected chi connectivity index (χ1v) is 17.7. The van der Waals surface area contributed by atoms with E-state index in [1.165, 1.54) is 0 Å². The minimum Gasteiger partial charge on any atom is -0.481 e. The van der Waals surface area contributed by atoms with Crippen LogP contribution < -0.4 is 15.1 Å². The molecule has 4 aromatic carbocycles. The standard InChI is InChI=1S/C38H35Cl2N3O6/c39-17-23-19-42(29-13-21(15-31(44)45)25-5-1-3-7-27(25)33(23)29)35(48)37-9-11-38(41-37,12-10-37)36(49)43-20-24(18-40)34-28-8-4-2-6-26(28)22(14-30(34)43)16-32(46)47/h1-8,13-14,23-24,41H,9-12,15-20H2,(H,44,45)(H,46,47)/t23-,24-,37?,38?/m1/s1. The molecule has 2 fully saturated rings. The van der Waals surface area contributed by atoms with Crippen molar-refractivity contribution in [2.75, 3.05) is 34.6 Å². The zero-order chi connectivity index (χ0) is 34.2. The van der Waals surface area contributed by atoms with Crippen molar-refractivity contribution in [1.82, 2.24) is 5.32 Å². The molecule has 49 heavy (non-hydrogen) atoms. The fraction of sp³-hybridized carbons (Fsp3) is 0.368. The van der Waals surface area contributed by atoms with Crippen LogP contribution in [0.5, 0.6) is 0 Å². The van der Waals surface area contributed by atoms with Crippen LogP contribution in [0.15, 0.2) is 60.7 Å². The Morgan fingerprint density at radius 2 is 1.02 bits per heavy atom. The van der Waals surface area contributed by atoms with Gasteiger partial charge in [0.2, 0.25) is 11.8 Å². The molecule has 4 heterocycles. The number of benzene rings is 4. The summed E-state index contributed by atoms with van der Waals surface area (Å²) < 4.78 is 0. The predicted octanol–water partition coefficient (Wildman–Crippen LogP) is 5.94. The first kappa shape index (κ1) is 32.0. The second-order valence-corrected chi connectivity index (χ2v) is 14.6. The Morgan fingerprint density at radius 3 is 1.37 bits per heavy atom. The summed E-state index contributed by atoms with van der Waals surface area (Å²) in [6, 6.07) is 19.0. The van der Waals surface area contributed by atoms with Gasteiger partial charge in [0.1, 0.15) is 0 Å². The molecule has 4 aliphatic rings. The number of carboxylic acid groups (broad SMARTS) is 2. The molecule has 8 rings (SSSR count). The Kier molecular flexibility index (Phi) is 7.66. The average molecular weight is 701 g/mol. The summed E-state index contributed by atoms with van der Waals surface area (Å²) >= 11 is 13.0. The van der Waals surface area contributed by atoms with E-state index in [0.29, 0.717) is 73.0 Å². The lowest BCUT2D eigenvalue weighted by Crippen LogP contribution is -2.58. The van der Waals surface area contributed by atoms with Crippen molar-refractivity contribution in [1.29, 1.82) is 0 Å².